The molecule has 0 N–H and O–H groups in total. The van der Waals surface area contributed by atoms with Gasteiger partial charge in [-0.05, 0) is 6.92 Å². The summed E-state index contributed by atoms with van der Waals surface area (Å²) >= 11 is 1.50. The van der Waals surface area contributed by atoms with Crippen LogP contribution in [0, 0.1) is 12.7 Å². The van der Waals surface area contributed by atoms with E-state index in [9.17, 15) is 14.0 Å². The zero-order valence-corrected chi connectivity index (χ0v) is 12.0. The Hall–Kier alpha value is -1.41. The number of halogens is 1. The van der Waals surface area contributed by atoms with Crippen molar-refractivity contribution in [2.24, 2.45) is 0 Å². The molecule has 1 aromatic rings. The molecule has 1 fully saturated rings. The predicted molar refractivity (Wildman–Crippen MR) is 70.9 cm³/mol. The van der Waals surface area contributed by atoms with E-state index in [1.54, 1.807) is 0 Å². The highest BCUT2D eigenvalue weighted by molar-refractivity contribution is 8.00. The highest BCUT2D eigenvalue weighted by atomic mass is 32.2. The highest BCUT2D eigenvalue weighted by Crippen LogP contribution is 2.26. The summed E-state index contributed by atoms with van der Waals surface area (Å²) in [4.78, 5) is 25.9. The SMILES string of the molecule is CC(=O)OC[C@@H]1O[C@H](Cn2cc(F)c(C)nc2=O)CS1. The molecule has 0 amide bonds. The first-order valence-corrected chi connectivity index (χ1v) is 7.14. The van der Waals surface area contributed by atoms with E-state index in [-0.39, 0.29) is 36.4 Å². The van der Waals surface area contributed by atoms with Crippen molar-refractivity contribution in [3.05, 3.63) is 28.2 Å². The number of aryl methyl sites for hydroxylation is 1. The van der Waals surface area contributed by atoms with E-state index in [1.165, 1.54) is 30.2 Å². The van der Waals surface area contributed by atoms with Crippen LogP contribution in [0.3, 0.4) is 0 Å². The van der Waals surface area contributed by atoms with Crippen LogP contribution in [0.1, 0.15) is 12.6 Å². The lowest BCUT2D eigenvalue weighted by Gasteiger charge is -2.13. The number of aromatic nitrogens is 2. The van der Waals surface area contributed by atoms with Gasteiger partial charge in [0.05, 0.1) is 18.3 Å². The van der Waals surface area contributed by atoms with Crippen LogP contribution in [-0.4, -0.2) is 39.4 Å². The molecule has 0 spiro atoms. The van der Waals surface area contributed by atoms with Gasteiger partial charge in [-0.3, -0.25) is 9.36 Å². The van der Waals surface area contributed by atoms with Crippen LogP contribution < -0.4 is 5.69 Å². The maximum atomic E-state index is 13.4. The second-order valence-electron chi connectivity index (χ2n) is 4.43. The van der Waals surface area contributed by atoms with Crippen LogP contribution >= 0.6 is 11.8 Å². The van der Waals surface area contributed by atoms with Crippen LogP contribution in [0.15, 0.2) is 11.0 Å². The van der Waals surface area contributed by atoms with Gasteiger partial charge in [-0.2, -0.15) is 4.98 Å². The van der Waals surface area contributed by atoms with Gasteiger partial charge in [-0.1, -0.05) is 0 Å². The largest absolute Gasteiger partial charge is 0.462 e. The average Bonchev–Trinajstić information content (AvgIpc) is 2.81. The first-order valence-electron chi connectivity index (χ1n) is 6.09. The van der Waals surface area contributed by atoms with Crippen molar-refractivity contribution in [3.8, 4) is 0 Å². The minimum Gasteiger partial charge on any atom is -0.462 e. The summed E-state index contributed by atoms with van der Waals surface area (Å²) in [6.07, 6.45) is 0.903. The lowest BCUT2D eigenvalue weighted by atomic mass is 10.3. The summed E-state index contributed by atoms with van der Waals surface area (Å²) in [6.45, 7) is 3.17. The molecule has 1 aliphatic rings. The molecule has 0 aliphatic carbocycles. The highest BCUT2D eigenvalue weighted by Gasteiger charge is 2.27. The van der Waals surface area contributed by atoms with Gasteiger partial charge < -0.3 is 9.47 Å². The molecule has 1 saturated heterocycles. The Labute approximate surface area is 119 Å². The summed E-state index contributed by atoms with van der Waals surface area (Å²) in [6, 6.07) is 0. The van der Waals surface area contributed by atoms with Gasteiger partial charge in [0.2, 0.25) is 0 Å². The summed E-state index contributed by atoms with van der Waals surface area (Å²) in [5.41, 5.74) is -0.663. The third-order valence-electron chi connectivity index (χ3n) is 2.76. The van der Waals surface area contributed by atoms with E-state index in [1.807, 2.05) is 0 Å². The number of hydrogen-bond acceptors (Lipinski definition) is 6. The van der Waals surface area contributed by atoms with Crippen LogP contribution in [0.2, 0.25) is 0 Å². The maximum Gasteiger partial charge on any atom is 0.348 e. The Morgan fingerprint density at radius 2 is 2.45 bits per heavy atom. The third-order valence-corrected chi connectivity index (χ3v) is 3.94. The maximum absolute atomic E-state index is 13.4. The Bertz CT molecular complexity index is 563. The number of carbonyl (C=O) groups is 1. The predicted octanol–water partition coefficient (Wildman–Crippen LogP) is 0.712. The molecular formula is C12H15FN2O4S. The molecule has 0 saturated carbocycles. The second kappa shape index (κ2) is 6.36. The van der Waals surface area contributed by atoms with E-state index in [0.717, 1.165) is 6.20 Å². The van der Waals surface area contributed by atoms with E-state index in [4.69, 9.17) is 9.47 Å². The Morgan fingerprint density at radius 1 is 1.70 bits per heavy atom. The second-order valence-corrected chi connectivity index (χ2v) is 5.63. The Balaban J connectivity index is 1.94. The summed E-state index contributed by atoms with van der Waals surface area (Å²) < 4.78 is 25.1. The van der Waals surface area contributed by atoms with Gasteiger partial charge in [-0.25, -0.2) is 9.18 Å². The first-order chi connectivity index (χ1) is 9.45. The molecule has 0 aromatic carbocycles. The molecule has 20 heavy (non-hydrogen) atoms. The molecule has 0 radical (unpaired) electrons. The van der Waals surface area contributed by atoms with Crippen LogP contribution in [0.5, 0.6) is 0 Å². The average molecular weight is 302 g/mol. The zero-order chi connectivity index (χ0) is 14.7. The van der Waals surface area contributed by atoms with Crippen LogP contribution in [0.25, 0.3) is 0 Å². The summed E-state index contributed by atoms with van der Waals surface area (Å²) in [7, 11) is 0. The van der Waals surface area contributed by atoms with Crippen molar-refractivity contribution in [1.82, 2.24) is 9.55 Å². The molecule has 2 heterocycles. The molecule has 110 valence electrons. The van der Waals surface area contributed by atoms with Gasteiger partial charge in [0.25, 0.3) is 0 Å². The van der Waals surface area contributed by atoms with Crippen molar-refractivity contribution < 1.29 is 18.7 Å². The standard InChI is InChI=1S/C12H15FN2O4S/c1-7-10(13)4-15(12(17)14-7)3-9-6-20-11(19-9)5-18-8(2)16/h4,9,11H,3,5-6H2,1-2H3/t9-,11-/m1/s1. The lowest BCUT2D eigenvalue weighted by molar-refractivity contribution is -0.143. The number of carbonyl (C=O) groups excluding carboxylic acids is 1. The molecule has 1 aliphatic heterocycles. The summed E-state index contributed by atoms with van der Waals surface area (Å²) in [5.74, 6) is -0.237. The van der Waals surface area contributed by atoms with Gasteiger partial charge in [0.1, 0.15) is 12.0 Å². The van der Waals surface area contributed by atoms with Gasteiger partial charge in [0, 0.05) is 18.9 Å². The zero-order valence-electron chi connectivity index (χ0n) is 11.2. The fraction of sp³-hybridized carbons (Fsp3) is 0.583. The molecule has 6 nitrogen and oxygen atoms in total. The van der Waals surface area contributed by atoms with Crippen molar-refractivity contribution in [3.63, 3.8) is 0 Å². The fourth-order valence-electron chi connectivity index (χ4n) is 1.77. The van der Waals surface area contributed by atoms with Crippen LogP contribution in [0.4, 0.5) is 4.39 Å². The van der Waals surface area contributed by atoms with Gasteiger partial charge in [0.15, 0.2) is 5.82 Å². The summed E-state index contributed by atoms with van der Waals surface area (Å²) in [5, 5.41) is 0. The van der Waals surface area contributed by atoms with Crippen LogP contribution in [-0.2, 0) is 20.8 Å². The quantitative estimate of drug-likeness (QED) is 0.763. The number of ether oxygens (including phenoxy) is 2. The molecule has 8 heteroatoms. The minimum absolute atomic E-state index is 0.0840. The Morgan fingerprint density at radius 3 is 3.15 bits per heavy atom. The molecule has 0 unspecified atom stereocenters. The molecule has 1 aromatic heterocycles. The number of nitrogens with zero attached hydrogens (tertiary/aromatic N) is 2. The van der Waals surface area contributed by atoms with E-state index >= 15 is 0 Å². The van der Waals surface area contributed by atoms with Crippen molar-refractivity contribution in [2.45, 2.75) is 31.9 Å². The van der Waals surface area contributed by atoms with Gasteiger partial charge >= 0.3 is 11.7 Å². The van der Waals surface area contributed by atoms with Crippen molar-refractivity contribution in [1.29, 1.82) is 0 Å². The topological polar surface area (TPSA) is 70.4 Å². The molecule has 0 bridgehead atoms. The number of thioether (sulfide) groups is 1. The molecule has 2 atom stereocenters. The van der Waals surface area contributed by atoms with E-state index in [0.29, 0.717) is 5.75 Å². The number of esters is 1. The number of hydrogen-bond donors (Lipinski definition) is 0. The third kappa shape index (κ3) is 3.80. The Kier molecular flexibility index (Phi) is 4.77. The normalized spacial score (nSPS) is 21.9. The van der Waals surface area contributed by atoms with E-state index < -0.39 is 11.5 Å². The van der Waals surface area contributed by atoms with Gasteiger partial charge in [-0.15, -0.1) is 11.8 Å². The molecule has 2 rings (SSSR count). The fourth-order valence-corrected chi connectivity index (χ4v) is 2.79. The first kappa shape index (κ1) is 15.0. The number of rotatable bonds is 4. The lowest BCUT2D eigenvalue weighted by Crippen LogP contribution is -2.31. The van der Waals surface area contributed by atoms with Crippen molar-refractivity contribution >= 4 is 17.7 Å². The van der Waals surface area contributed by atoms with Crippen molar-refractivity contribution in [2.75, 3.05) is 12.4 Å². The smallest absolute Gasteiger partial charge is 0.348 e. The minimum atomic E-state index is -0.522. The molecular weight excluding hydrogens is 287 g/mol. The monoisotopic (exact) mass is 302 g/mol. The van der Waals surface area contributed by atoms with E-state index in [2.05, 4.69) is 4.98 Å².